The quantitative estimate of drug-likeness (QED) is 0.663. The Labute approximate surface area is 88.4 Å². The molecule has 92 valence electrons. The fraction of sp³-hybridized carbons (Fsp3) is 1.00. The van der Waals surface area contributed by atoms with E-state index in [-0.39, 0.29) is 6.61 Å². The number of likely N-dealkylation sites (N-methyl/N-ethyl adjacent to an activating group) is 1. The molecule has 6 heteroatoms. The zero-order valence-corrected chi connectivity index (χ0v) is 9.18. The summed E-state index contributed by atoms with van der Waals surface area (Å²) in [5.41, 5.74) is 5.43. The molecule has 0 bridgehead atoms. The fourth-order valence-electron chi connectivity index (χ4n) is 1.11. The highest BCUT2D eigenvalue weighted by Crippen LogP contribution is 2.14. The molecule has 1 unspecified atom stereocenters. The summed E-state index contributed by atoms with van der Waals surface area (Å²) < 4.78 is 39.6. The Morgan fingerprint density at radius 3 is 2.47 bits per heavy atom. The number of alkyl halides is 3. The number of halogens is 3. The molecular formula is C9H19F3N2O. The van der Waals surface area contributed by atoms with Crippen LogP contribution in [-0.2, 0) is 4.74 Å². The molecule has 2 N–H and O–H groups in total. The third kappa shape index (κ3) is 9.96. The molecule has 0 fully saturated rings. The lowest BCUT2D eigenvalue weighted by Crippen LogP contribution is -2.31. The Balaban J connectivity index is 3.43. The minimum absolute atomic E-state index is 0.0906. The monoisotopic (exact) mass is 228 g/mol. The highest BCUT2D eigenvalue weighted by Gasteiger charge is 2.27. The van der Waals surface area contributed by atoms with E-state index < -0.39 is 12.8 Å². The summed E-state index contributed by atoms with van der Waals surface area (Å²) in [6.07, 6.45) is -4.23. The lowest BCUT2D eigenvalue weighted by atomic mass is 10.2. The second kappa shape index (κ2) is 7.03. The normalized spacial score (nSPS) is 14.6. The zero-order valence-electron chi connectivity index (χ0n) is 9.18. The average molecular weight is 228 g/mol. The molecule has 0 aromatic carbocycles. The molecule has 0 aromatic rings. The van der Waals surface area contributed by atoms with E-state index in [0.29, 0.717) is 19.0 Å². The molecule has 15 heavy (non-hydrogen) atoms. The van der Waals surface area contributed by atoms with E-state index in [4.69, 9.17) is 5.73 Å². The molecular weight excluding hydrogens is 209 g/mol. The molecule has 0 radical (unpaired) electrons. The van der Waals surface area contributed by atoms with E-state index in [1.807, 2.05) is 18.9 Å². The lowest BCUT2D eigenvalue weighted by Gasteiger charge is -2.20. The standard InChI is InChI=1S/C9H19F3N2O/c1-8(5-13)6-14(2)3-4-15-7-9(10,11)12/h8H,3-7,13H2,1-2H3. The first-order chi connectivity index (χ1) is 6.85. The summed E-state index contributed by atoms with van der Waals surface area (Å²) in [6, 6.07) is 0. The predicted octanol–water partition coefficient (Wildman–Crippen LogP) is 1.09. The average Bonchev–Trinajstić information content (AvgIpc) is 2.11. The van der Waals surface area contributed by atoms with Crippen LogP contribution in [-0.4, -0.2) is 51.0 Å². The van der Waals surface area contributed by atoms with Gasteiger partial charge in [0.05, 0.1) is 6.61 Å². The van der Waals surface area contributed by atoms with E-state index in [0.717, 1.165) is 6.54 Å². The third-order valence-electron chi connectivity index (χ3n) is 1.91. The van der Waals surface area contributed by atoms with Gasteiger partial charge < -0.3 is 15.4 Å². The molecule has 0 spiro atoms. The van der Waals surface area contributed by atoms with Gasteiger partial charge in [0.15, 0.2) is 0 Å². The highest BCUT2D eigenvalue weighted by molar-refractivity contribution is 4.59. The summed E-state index contributed by atoms with van der Waals surface area (Å²) in [4.78, 5) is 1.91. The summed E-state index contributed by atoms with van der Waals surface area (Å²) in [7, 11) is 1.84. The summed E-state index contributed by atoms with van der Waals surface area (Å²) in [5.74, 6) is 0.345. The first-order valence-electron chi connectivity index (χ1n) is 4.88. The Hall–Kier alpha value is -0.330. The zero-order chi connectivity index (χ0) is 11.9. The van der Waals surface area contributed by atoms with Crippen LogP contribution in [0.3, 0.4) is 0 Å². The molecule has 0 aliphatic heterocycles. The van der Waals surface area contributed by atoms with Crippen LogP contribution in [0, 0.1) is 5.92 Å². The molecule has 0 aliphatic rings. The van der Waals surface area contributed by atoms with Crippen LogP contribution in [0.15, 0.2) is 0 Å². The van der Waals surface area contributed by atoms with Gasteiger partial charge in [0.2, 0.25) is 0 Å². The van der Waals surface area contributed by atoms with Gasteiger partial charge in [-0.25, -0.2) is 0 Å². The molecule has 0 amide bonds. The van der Waals surface area contributed by atoms with Gasteiger partial charge in [-0.15, -0.1) is 0 Å². The van der Waals surface area contributed by atoms with Gasteiger partial charge in [-0.1, -0.05) is 6.92 Å². The Morgan fingerprint density at radius 1 is 1.40 bits per heavy atom. The van der Waals surface area contributed by atoms with Gasteiger partial charge in [0, 0.05) is 13.1 Å². The maximum Gasteiger partial charge on any atom is 0.411 e. The smallest absolute Gasteiger partial charge is 0.371 e. The van der Waals surface area contributed by atoms with Crippen molar-refractivity contribution in [2.45, 2.75) is 13.1 Å². The molecule has 0 saturated carbocycles. The maximum absolute atomic E-state index is 11.7. The lowest BCUT2D eigenvalue weighted by molar-refractivity contribution is -0.174. The van der Waals surface area contributed by atoms with Crippen molar-refractivity contribution in [1.29, 1.82) is 0 Å². The number of rotatable bonds is 7. The van der Waals surface area contributed by atoms with Crippen LogP contribution in [0.5, 0.6) is 0 Å². The fourth-order valence-corrected chi connectivity index (χ4v) is 1.11. The number of ether oxygens (including phenoxy) is 1. The van der Waals surface area contributed by atoms with Crippen LogP contribution in [0.1, 0.15) is 6.92 Å². The Kier molecular flexibility index (Phi) is 6.87. The van der Waals surface area contributed by atoms with Crippen molar-refractivity contribution in [2.75, 3.05) is 39.9 Å². The van der Waals surface area contributed by atoms with Crippen molar-refractivity contribution >= 4 is 0 Å². The van der Waals surface area contributed by atoms with Crippen molar-refractivity contribution in [1.82, 2.24) is 4.90 Å². The summed E-state index contributed by atoms with van der Waals surface area (Å²) in [5, 5.41) is 0. The largest absolute Gasteiger partial charge is 0.411 e. The minimum Gasteiger partial charge on any atom is -0.371 e. The van der Waals surface area contributed by atoms with Gasteiger partial charge in [-0.2, -0.15) is 13.2 Å². The molecule has 0 saturated heterocycles. The SMILES string of the molecule is CC(CN)CN(C)CCOCC(F)(F)F. The van der Waals surface area contributed by atoms with Crippen molar-refractivity contribution in [3.8, 4) is 0 Å². The van der Waals surface area contributed by atoms with Gasteiger partial charge in [0.25, 0.3) is 0 Å². The number of nitrogens with two attached hydrogens (primary N) is 1. The second-order valence-electron chi connectivity index (χ2n) is 3.77. The van der Waals surface area contributed by atoms with Crippen LogP contribution < -0.4 is 5.73 Å². The molecule has 0 aliphatic carbocycles. The maximum atomic E-state index is 11.7. The minimum atomic E-state index is -4.23. The molecule has 0 aromatic heterocycles. The number of hydrogen-bond acceptors (Lipinski definition) is 3. The first kappa shape index (κ1) is 14.7. The van der Waals surface area contributed by atoms with E-state index in [9.17, 15) is 13.2 Å². The van der Waals surface area contributed by atoms with Crippen LogP contribution in [0.2, 0.25) is 0 Å². The molecule has 3 nitrogen and oxygen atoms in total. The van der Waals surface area contributed by atoms with E-state index >= 15 is 0 Å². The number of nitrogens with zero attached hydrogens (tertiary/aromatic N) is 1. The van der Waals surface area contributed by atoms with Crippen LogP contribution >= 0.6 is 0 Å². The third-order valence-corrected chi connectivity index (χ3v) is 1.91. The van der Waals surface area contributed by atoms with Crippen molar-refractivity contribution < 1.29 is 17.9 Å². The summed E-state index contributed by atoms with van der Waals surface area (Å²) in [6.45, 7) is 2.74. The van der Waals surface area contributed by atoms with Gasteiger partial charge >= 0.3 is 6.18 Å². The molecule has 0 rings (SSSR count). The van der Waals surface area contributed by atoms with E-state index in [1.165, 1.54) is 0 Å². The van der Waals surface area contributed by atoms with Gasteiger partial charge in [-0.05, 0) is 19.5 Å². The van der Waals surface area contributed by atoms with Gasteiger partial charge in [-0.3, -0.25) is 0 Å². The highest BCUT2D eigenvalue weighted by atomic mass is 19.4. The van der Waals surface area contributed by atoms with Crippen molar-refractivity contribution in [3.63, 3.8) is 0 Å². The van der Waals surface area contributed by atoms with Crippen LogP contribution in [0.4, 0.5) is 13.2 Å². The molecule has 0 heterocycles. The first-order valence-corrected chi connectivity index (χ1v) is 4.88. The van der Waals surface area contributed by atoms with E-state index in [1.54, 1.807) is 0 Å². The van der Waals surface area contributed by atoms with E-state index in [2.05, 4.69) is 4.74 Å². The molecule has 1 atom stereocenters. The second-order valence-corrected chi connectivity index (χ2v) is 3.77. The van der Waals surface area contributed by atoms with Gasteiger partial charge in [0.1, 0.15) is 6.61 Å². The Morgan fingerprint density at radius 2 is 2.00 bits per heavy atom. The van der Waals surface area contributed by atoms with Crippen LogP contribution in [0.25, 0.3) is 0 Å². The van der Waals surface area contributed by atoms with Crippen molar-refractivity contribution in [2.24, 2.45) is 11.7 Å². The number of hydrogen-bond donors (Lipinski definition) is 1. The Bertz CT molecular complexity index is 164. The van der Waals surface area contributed by atoms with Crippen molar-refractivity contribution in [3.05, 3.63) is 0 Å². The summed E-state index contributed by atoms with van der Waals surface area (Å²) >= 11 is 0. The topological polar surface area (TPSA) is 38.5 Å². The predicted molar refractivity (Wildman–Crippen MR) is 52.6 cm³/mol.